The molecule has 2 heterocycles. The van der Waals surface area contributed by atoms with Crippen molar-refractivity contribution in [2.24, 2.45) is 0 Å². The van der Waals surface area contributed by atoms with Gasteiger partial charge in [0.05, 0.1) is 5.02 Å². The third-order valence-electron chi connectivity index (χ3n) is 3.13. The van der Waals surface area contributed by atoms with E-state index in [0.29, 0.717) is 5.02 Å². The highest BCUT2D eigenvalue weighted by Crippen LogP contribution is 2.34. The number of hydrogen-bond donors (Lipinski definition) is 1. The number of furan rings is 1. The Kier molecular flexibility index (Phi) is 3.35. The first kappa shape index (κ1) is 12.7. The highest BCUT2D eigenvalue weighted by molar-refractivity contribution is 7.12. The van der Waals surface area contributed by atoms with E-state index in [1.54, 1.807) is 11.3 Å². The summed E-state index contributed by atoms with van der Waals surface area (Å²) in [6, 6.07) is 12.2. The average molecular weight is 292 g/mol. The lowest BCUT2D eigenvalue weighted by molar-refractivity contribution is 0.495. The molecule has 1 aromatic carbocycles. The van der Waals surface area contributed by atoms with Gasteiger partial charge in [-0.05, 0) is 38.2 Å². The third-order valence-corrected chi connectivity index (χ3v) is 4.50. The van der Waals surface area contributed by atoms with Crippen LogP contribution < -0.4 is 5.32 Å². The molecule has 98 valence electrons. The Labute approximate surface area is 121 Å². The Morgan fingerprint density at radius 1 is 1.26 bits per heavy atom. The maximum absolute atomic E-state index is 6.16. The van der Waals surface area contributed by atoms with Gasteiger partial charge in [0.25, 0.3) is 0 Å². The number of nitrogens with one attached hydrogen (secondary N) is 1. The second kappa shape index (κ2) is 5.00. The van der Waals surface area contributed by atoms with Gasteiger partial charge in [0.2, 0.25) is 0 Å². The SMILES string of the molecule is CNC(c1cc2cccc(Cl)c2o1)c1ccc(C)s1. The predicted octanol–water partition coefficient (Wildman–Crippen LogP) is 4.76. The molecule has 0 fully saturated rings. The molecule has 1 unspecified atom stereocenters. The van der Waals surface area contributed by atoms with Crippen molar-refractivity contribution in [1.29, 1.82) is 0 Å². The number of fused-ring (bicyclic) bond motifs is 1. The number of para-hydroxylation sites is 1. The standard InChI is InChI=1S/C15H14ClNOS/c1-9-6-7-13(19-9)14(17-2)12-8-10-4-3-5-11(16)15(10)18-12/h3-8,14,17H,1-2H3. The Morgan fingerprint density at radius 2 is 2.11 bits per heavy atom. The topological polar surface area (TPSA) is 25.2 Å². The molecule has 0 aliphatic heterocycles. The van der Waals surface area contributed by atoms with Crippen molar-refractivity contribution in [2.75, 3.05) is 7.05 Å². The van der Waals surface area contributed by atoms with Crippen molar-refractivity contribution < 1.29 is 4.42 Å². The second-order valence-corrected chi connectivity index (χ2v) is 6.20. The van der Waals surface area contributed by atoms with Crippen LogP contribution in [0.25, 0.3) is 11.0 Å². The molecule has 0 aliphatic carbocycles. The summed E-state index contributed by atoms with van der Waals surface area (Å²) in [7, 11) is 1.94. The zero-order valence-corrected chi connectivity index (χ0v) is 12.3. The van der Waals surface area contributed by atoms with Crippen molar-refractivity contribution in [2.45, 2.75) is 13.0 Å². The van der Waals surface area contributed by atoms with Gasteiger partial charge in [-0.1, -0.05) is 23.7 Å². The van der Waals surface area contributed by atoms with Gasteiger partial charge in [-0.15, -0.1) is 11.3 Å². The number of benzene rings is 1. The maximum atomic E-state index is 6.16. The predicted molar refractivity (Wildman–Crippen MR) is 81.2 cm³/mol. The van der Waals surface area contributed by atoms with Crippen LogP contribution >= 0.6 is 22.9 Å². The molecule has 0 spiro atoms. The van der Waals surface area contributed by atoms with Crippen molar-refractivity contribution in [3.63, 3.8) is 0 Å². The molecule has 19 heavy (non-hydrogen) atoms. The number of halogens is 1. The van der Waals surface area contributed by atoms with Gasteiger partial charge < -0.3 is 9.73 Å². The number of hydrogen-bond acceptors (Lipinski definition) is 3. The van der Waals surface area contributed by atoms with Crippen LogP contribution in [0.5, 0.6) is 0 Å². The van der Waals surface area contributed by atoms with E-state index in [9.17, 15) is 0 Å². The minimum atomic E-state index is 0.0715. The molecule has 2 aromatic heterocycles. The molecule has 0 radical (unpaired) electrons. The van der Waals surface area contributed by atoms with Crippen LogP contribution in [0.2, 0.25) is 5.02 Å². The summed E-state index contributed by atoms with van der Waals surface area (Å²) in [6.45, 7) is 2.11. The van der Waals surface area contributed by atoms with Crippen molar-refractivity contribution >= 4 is 33.9 Å². The van der Waals surface area contributed by atoms with E-state index in [1.165, 1.54) is 9.75 Å². The van der Waals surface area contributed by atoms with Gasteiger partial charge in [0.15, 0.2) is 5.58 Å². The Bertz CT molecular complexity index is 716. The van der Waals surface area contributed by atoms with Crippen LogP contribution in [-0.4, -0.2) is 7.05 Å². The monoisotopic (exact) mass is 291 g/mol. The zero-order chi connectivity index (χ0) is 13.4. The van der Waals surface area contributed by atoms with E-state index < -0.39 is 0 Å². The van der Waals surface area contributed by atoms with Crippen LogP contribution in [0.15, 0.2) is 40.8 Å². The number of rotatable bonds is 3. The van der Waals surface area contributed by atoms with Gasteiger partial charge >= 0.3 is 0 Å². The molecule has 1 N–H and O–H groups in total. The van der Waals surface area contributed by atoms with Gasteiger partial charge in [0.1, 0.15) is 11.8 Å². The summed E-state index contributed by atoms with van der Waals surface area (Å²) in [4.78, 5) is 2.54. The van der Waals surface area contributed by atoms with Crippen LogP contribution in [0, 0.1) is 6.92 Å². The highest BCUT2D eigenvalue weighted by atomic mass is 35.5. The quantitative estimate of drug-likeness (QED) is 0.752. The smallest absolute Gasteiger partial charge is 0.152 e. The highest BCUT2D eigenvalue weighted by Gasteiger charge is 2.19. The number of aryl methyl sites for hydroxylation is 1. The summed E-state index contributed by atoms with van der Waals surface area (Å²) in [6.07, 6.45) is 0. The van der Waals surface area contributed by atoms with E-state index in [0.717, 1.165) is 16.7 Å². The van der Waals surface area contributed by atoms with E-state index >= 15 is 0 Å². The molecule has 4 heteroatoms. The maximum Gasteiger partial charge on any atom is 0.152 e. The van der Waals surface area contributed by atoms with Gasteiger partial charge in [-0.2, -0.15) is 0 Å². The summed E-state index contributed by atoms with van der Waals surface area (Å²) in [5.74, 6) is 0.896. The molecule has 3 aromatic rings. The molecule has 0 bridgehead atoms. The molecule has 0 aliphatic rings. The fourth-order valence-corrected chi connectivity index (χ4v) is 3.44. The van der Waals surface area contributed by atoms with Crippen LogP contribution in [-0.2, 0) is 0 Å². The van der Waals surface area contributed by atoms with Gasteiger partial charge in [-0.3, -0.25) is 0 Å². The first-order valence-corrected chi connectivity index (χ1v) is 7.30. The summed E-state index contributed by atoms with van der Waals surface area (Å²) < 4.78 is 5.93. The average Bonchev–Trinajstić information content (AvgIpc) is 2.98. The van der Waals surface area contributed by atoms with Crippen molar-refractivity contribution in [3.05, 3.63) is 56.9 Å². The Balaban J connectivity index is 2.09. The third kappa shape index (κ3) is 2.29. The van der Waals surface area contributed by atoms with Crippen LogP contribution in [0.1, 0.15) is 21.6 Å². The normalized spacial score (nSPS) is 13.0. The summed E-state index contributed by atoms with van der Waals surface area (Å²) in [5.41, 5.74) is 0.757. The lowest BCUT2D eigenvalue weighted by atomic mass is 10.1. The largest absolute Gasteiger partial charge is 0.457 e. The molecule has 0 saturated heterocycles. The molecular weight excluding hydrogens is 278 g/mol. The van der Waals surface area contributed by atoms with Crippen LogP contribution in [0.3, 0.4) is 0 Å². The van der Waals surface area contributed by atoms with E-state index in [2.05, 4.69) is 30.4 Å². The first-order valence-electron chi connectivity index (χ1n) is 6.10. The zero-order valence-electron chi connectivity index (χ0n) is 10.7. The molecule has 0 saturated carbocycles. The number of thiophene rings is 1. The minimum Gasteiger partial charge on any atom is -0.457 e. The molecular formula is C15H14ClNOS. The molecule has 3 rings (SSSR count). The fraction of sp³-hybridized carbons (Fsp3) is 0.200. The van der Waals surface area contributed by atoms with Crippen molar-refractivity contribution in [1.82, 2.24) is 5.32 Å². The molecule has 1 atom stereocenters. The van der Waals surface area contributed by atoms with E-state index in [1.807, 2.05) is 25.2 Å². The van der Waals surface area contributed by atoms with Crippen molar-refractivity contribution in [3.8, 4) is 0 Å². The molecule has 0 amide bonds. The Hall–Kier alpha value is -1.29. The minimum absolute atomic E-state index is 0.0715. The lowest BCUT2D eigenvalue weighted by Crippen LogP contribution is -2.15. The lowest BCUT2D eigenvalue weighted by Gasteiger charge is -2.11. The van der Waals surface area contributed by atoms with Gasteiger partial charge in [0, 0.05) is 15.1 Å². The van der Waals surface area contributed by atoms with Crippen LogP contribution in [0.4, 0.5) is 0 Å². The van der Waals surface area contributed by atoms with E-state index in [-0.39, 0.29) is 6.04 Å². The first-order chi connectivity index (χ1) is 9.19. The summed E-state index contributed by atoms with van der Waals surface area (Å²) >= 11 is 7.93. The Morgan fingerprint density at radius 3 is 2.74 bits per heavy atom. The van der Waals surface area contributed by atoms with E-state index in [4.69, 9.17) is 16.0 Å². The summed E-state index contributed by atoms with van der Waals surface area (Å²) in [5, 5.41) is 4.99. The van der Waals surface area contributed by atoms with Gasteiger partial charge in [-0.25, -0.2) is 0 Å². The fourth-order valence-electron chi connectivity index (χ4n) is 2.22. The second-order valence-electron chi connectivity index (χ2n) is 4.48. The molecule has 2 nitrogen and oxygen atoms in total.